The van der Waals surface area contributed by atoms with Crippen molar-refractivity contribution < 1.29 is 0 Å². The van der Waals surface area contributed by atoms with Gasteiger partial charge in [-0.1, -0.05) is 45.4 Å². The zero-order valence-electron chi connectivity index (χ0n) is 12.8. The second-order valence-corrected chi connectivity index (χ2v) is 5.64. The van der Waals surface area contributed by atoms with Crippen LogP contribution in [0, 0.1) is 11.8 Å². The predicted molar refractivity (Wildman–Crippen MR) is 87.1 cm³/mol. The van der Waals surface area contributed by atoms with Crippen molar-refractivity contribution in [1.82, 2.24) is 5.32 Å². The Balaban J connectivity index is 2.13. The molecule has 0 fully saturated rings. The fourth-order valence-electron chi connectivity index (χ4n) is 2.59. The van der Waals surface area contributed by atoms with Crippen LogP contribution in [0.15, 0.2) is 54.6 Å². The van der Waals surface area contributed by atoms with Gasteiger partial charge in [0, 0.05) is 35.9 Å². The van der Waals surface area contributed by atoms with Crippen molar-refractivity contribution in [2.75, 3.05) is 4.90 Å². The smallest absolute Gasteiger partial charge is 0.0450 e. The highest BCUT2D eigenvalue weighted by molar-refractivity contribution is 5.53. The molecule has 0 radical (unpaired) electrons. The minimum Gasteiger partial charge on any atom is -0.362 e. The van der Waals surface area contributed by atoms with Gasteiger partial charge in [0.05, 0.1) is 0 Å². The van der Waals surface area contributed by atoms with E-state index in [0.717, 1.165) is 5.92 Å². The van der Waals surface area contributed by atoms with Crippen molar-refractivity contribution in [3.63, 3.8) is 0 Å². The van der Waals surface area contributed by atoms with Gasteiger partial charge >= 0.3 is 0 Å². The summed E-state index contributed by atoms with van der Waals surface area (Å²) in [5.41, 5.74) is 2.54. The van der Waals surface area contributed by atoms with E-state index in [0.29, 0.717) is 5.92 Å². The number of rotatable bonds is 6. The topological polar surface area (TPSA) is 15.3 Å². The fourth-order valence-corrected chi connectivity index (χ4v) is 2.59. The molecule has 0 bridgehead atoms. The highest BCUT2D eigenvalue weighted by atomic mass is 15.1. The maximum atomic E-state index is 3.44. The molecule has 1 aliphatic heterocycles. The fraction of sp³-hybridized carbons (Fsp3) is 0.444. The van der Waals surface area contributed by atoms with Crippen molar-refractivity contribution >= 4 is 5.69 Å². The van der Waals surface area contributed by atoms with Crippen molar-refractivity contribution in [3.8, 4) is 0 Å². The molecular formula is C18H26N2. The van der Waals surface area contributed by atoms with Crippen molar-refractivity contribution in [2.45, 2.75) is 40.0 Å². The summed E-state index contributed by atoms with van der Waals surface area (Å²) in [5, 5.41) is 3.44. The lowest BCUT2D eigenvalue weighted by Crippen LogP contribution is -2.25. The number of hydrogen-bond donors (Lipinski definition) is 1. The molecule has 2 nitrogen and oxygen atoms in total. The molecule has 1 N–H and O–H groups in total. The molecule has 1 aromatic carbocycles. The van der Waals surface area contributed by atoms with Crippen LogP contribution in [-0.4, -0.2) is 0 Å². The van der Waals surface area contributed by atoms with Crippen LogP contribution >= 0.6 is 0 Å². The third-order valence-corrected chi connectivity index (χ3v) is 4.13. The molecular weight excluding hydrogens is 244 g/mol. The van der Waals surface area contributed by atoms with E-state index in [-0.39, 0.29) is 0 Å². The first-order valence-electron chi connectivity index (χ1n) is 7.72. The zero-order valence-corrected chi connectivity index (χ0v) is 12.8. The molecule has 2 unspecified atom stereocenters. The summed E-state index contributed by atoms with van der Waals surface area (Å²) in [6.45, 7) is 6.90. The van der Waals surface area contributed by atoms with Crippen molar-refractivity contribution in [3.05, 3.63) is 54.6 Å². The Labute approximate surface area is 123 Å². The van der Waals surface area contributed by atoms with E-state index in [1.54, 1.807) is 0 Å². The Bertz CT molecular complexity index is 462. The third-order valence-electron chi connectivity index (χ3n) is 4.13. The summed E-state index contributed by atoms with van der Waals surface area (Å²) in [6, 6.07) is 10.5. The third kappa shape index (κ3) is 3.66. The second-order valence-electron chi connectivity index (χ2n) is 5.64. The lowest BCUT2D eigenvalue weighted by Gasteiger charge is -2.28. The summed E-state index contributed by atoms with van der Waals surface area (Å²) in [7, 11) is 0. The first kappa shape index (κ1) is 14.7. The molecule has 0 saturated carbocycles. The first-order valence-corrected chi connectivity index (χ1v) is 7.72. The average Bonchev–Trinajstić information content (AvgIpc) is 2.53. The molecule has 0 aliphatic carbocycles. The van der Waals surface area contributed by atoms with Crippen LogP contribution in [0.2, 0.25) is 0 Å². The number of anilines is 1. The van der Waals surface area contributed by atoms with E-state index in [1.165, 1.54) is 30.6 Å². The van der Waals surface area contributed by atoms with Gasteiger partial charge in [0.2, 0.25) is 0 Å². The molecule has 0 aromatic heterocycles. The highest BCUT2D eigenvalue weighted by Crippen LogP contribution is 2.27. The van der Waals surface area contributed by atoms with Gasteiger partial charge < -0.3 is 10.2 Å². The quantitative estimate of drug-likeness (QED) is 0.793. The molecule has 0 amide bonds. The molecule has 2 atom stereocenters. The Morgan fingerprint density at radius 3 is 2.50 bits per heavy atom. The van der Waals surface area contributed by atoms with E-state index >= 15 is 0 Å². The number of hydrogen-bond acceptors (Lipinski definition) is 2. The molecule has 0 saturated heterocycles. The average molecular weight is 270 g/mol. The van der Waals surface area contributed by atoms with E-state index in [2.05, 4.69) is 73.7 Å². The molecule has 108 valence electrons. The normalized spacial score (nSPS) is 17.4. The maximum Gasteiger partial charge on any atom is 0.0450 e. The summed E-state index contributed by atoms with van der Waals surface area (Å²) in [6.07, 6.45) is 10.0. The molecule has 2 heteroatoms. The number of nitrogens with zero attached hydrogens (tertiary/aromatic N) is 1. The van der Waals surface area contributed by atoms with Gasteiger partial charge in [-0.15, -0.1) is 0 Å². The molecule has 1 aromatic rings. The SMILES string of the molecule is CCC(C)CC(CC)C1=CN(c2ccccc2)C=CN1. The van der Waals surface area contributed by atoms with E-state index in [4.69, 9.17) is 0 Å². The van der Waals surface area contributed by atoms with E-state index in [9.17, 15) is 0 Å². The lowest BCUT2D eigenvalue weighted by atomic mass is 9.89. The molecule has 20 heavy (non-hydrogen) atoms. The van der Waals surface area contributed by atoms with E-state index in [1.807, 2.05) is 6.20 Å². The highest BCUT2D eigenvalue weighted by Gasteiger charge is 2.17. The summed E-state index contributed by atoms with van der Waals surface area (Å²) in [4.78, 5) is 2.20. The van der Waals surface area contributed by atoms with Gasteiger partial charge in [-0.3, -0.25) is 0 Å². The van der Waals surface area contributed by atoms with E-state index < -0.39 is 0 Å². The largest absolute Gasteiger partial charge is 0.362 e. The molecule has 1 aliphatic rings. The van der Waals surface area contributed by atoms with Crippen molar-refractivity contribution in [2.24, 2.45) is 11.8 Å². The van der Waals surface area contributed by atoms with Crippen LogP contribution in [0.3, 0.4) is 0 Å². The van der Waals surface area contributed by atoms with Crippen molar-refractivity contribution in [1.29, 1.82) is 0 Å². The second kappa shape index (κ2) is 7.18. The number of benzene rings is 1. The Morgan fingerprint density at radius 1 is 1.10 bits per heavy atom. The van der Waals surface area contributed by atoms with Crippen LogP contribution in [-0.2, 0) is 0 Å². The molecule has 2 rings (SSSR count). The van der Waals surface area contributed by atoms with Gasteiger partial charge in [0.15, 0.2) is 0 Å². The van der Waals surface area contributed by atoms with Crippen LogP contribution in [0.1, 0.15) is 40.0 Å². The predicted octanol–water partition coefficient (Wildman–Crippen LogP) is 4.87. The summed E-state index contributed by atoms with van der Waals surface area (Å²) < 4.78 is 0. The molecule has 1 heterocycles. The standard InChI is InChI=1S/C18H26N2/c1-4-15(3)13-16(5-2)18-14-20(12-11-19-18)17-9-7-6-8-10-17/h6-12,14-16,19H,4-5,13H2,1-3H3. The molecule has 0 spiro atoms. The Morgan fingerprint density at radius 2 is 1.85 bits per heavy atom. The van der Waals surface area contributed by atoms with Gasteiger partial charge in [-0.25, -0.2) is 0 Å². The summed E-state index contributed by atoms with van der Waals surface area (Å²) in [5.74, 6) is 1.39. The van der Waals surface area contributed by atoms with Gasteiger partial charge in [0.1, 0.15) is 0 Å². The summed E-state index contributed by atoms with van der Waals surface area (Å²) >= 11 is 0. The Kier molecular flexibility index (Phi) is 5.28. The van der Waals surface area contributed by atoms with Crippen LogP contribution in [0.5, 0.6) is 0 Å². The monoisotopic (exact) mass is 270 g/mol. The maximum absolute atomic E-state index is 3.44. The number of allylic oxidation sites excluding steroid dienone is 1. The van der Waals surface area contributed by atoms with Crippen LogP contribution < -0.4 is 10.2 Å². The Hall–Kier alpha value is -1.70. The van der Waals surface area contributed by atoms with Crippen LogP contribution in [0.4, 0.5) is 5.69 Å². The zero-order chi connectivity index (χ0) is 14.4. The lowest BCUT2D eigenvalue weighted by molar-refractivity contribution is 0.402. The minimum absolute atomic E-state index is 0.612. The van der Waals surface area contributed by atoms with Gasteiger partial charge in [-0.2, -0.15) is 0 Å². The first-order chi connectivity index (χ1) is 9.74. The van der Waals surface area contributed by atoms with Gasteiger partial charge in [-0.05, 0) is 30.9 Å². The minimum atomic E-state index is 0.612. The van der Waals surface area contributed by atoms with Crippen LogP contribution in [0.25, 0.3) is 0 Å². The number of nitrogens with one attached hydrogen (secondary N) is 1. The number of para-hydroxylation sites is 1. The van der Waals surface area contributed by atoms with Gasteiger partial charge in [0.25, 0.3) is 0 Å².